The second-order valence-electron chi connectivity index (χ2n) is 7.86. The van der Waals surface area contributed by atoms with Gasteiger partial charge in [-0.1, -0.05) is 6.07 Å². The van der Waals surface area contributed by atoms with Crippen LogP contribution in [0, 0.1) is 0 Å². The first kappa shape index (κ1) is 17.7. The first-order valence-electron chi connectivity index (χ1n) is 9.34. The van der Waals surface area contributed by atoms with Crippen LogP contribution < -0.4 is 4.72 Å². The molecule has 0 unspecified atom stereocenters. The van der Waals surface area contributed by atoms with Crippen molar-refractivity contribution in [1.82, 2.24) is 4.72 Å². The van der Waals surface area contributed by atoms with Gasteiger partial charge in [-0.25, -0.2) is 0 Å². The molecule has 0 atom stereocenters. The Hall–Kier alpha value is -1.72. The fraction of sp³-hybridized carbons (Fsp3) is 0.476. The molecule has 4 nitrogen and oxygen atoms in total. The Morgan fingerprint density at radius 1 is 1.15 bits per heavy atom. The van der Waals surface area contributed by atoms with Crippen molar-refractivity contribution in [2.75, 3.05) is 0 Å². The Labute approximate surface area is 158 Å². The fourth-order valence-electron chi connectivity index (χ4n) is 4.14. The molecule has 2 aliphatic carbocycles. The highest BCUT2D eigenvalue weighted by atomic mass is 32.2. The second-order valence-corrected chi connectivity index (χ2v) is 8.67. The normalized spacial score (nSPS) is 15.8. The summed E-state index contributed by atoms with van der Waals surface area (Å²) in [7, 11) is 0. The zero-order chi connectivity index (χ0) is 18.3. The van der Waals surface area contributed by atoms with Crippen molar-refractivity contribution in [2.45, 2.75) is 69.5 Å². The summed E-state index contributed by atoms with van der Waals surface area (Å²) >= 11 is 1.17. The van der Waals surface area contributed by atoms with Crippen molar-refractivity contribution >= 4 is 17.9 Å². The van der Waals surface area contributed by atoms with Crippen molar-refractivity contribution in [2.24, 2.45) is 0 Å². The van der Waals surface area contributed by atoms with E-state index in [1.165, 1.54) is 58.9 Å². The highest BCUT2D eigenvalue weighted by molar-refractivity contribution is 7.97. The van der Waals surface area contributed by atoms with Crippen LogP contribution in [0.15, 0.2) is 27.9 Å². The minimum absolute atomic E-state index is 0.00519. The number of amides is 1. The Morgan fingerprint density at radius 3 is 2.38 bits per heavy atom. The first-order valence-corrected chi connectivity index (χ1v) is 10.2. The predicted molar refractivity (Wildman–Crippen MR) is 102 cm³/mol. The third kappa shape index (κ3) is 3.42. The highest BCUT2D eigenvalue weighted by Crippen LogP contribution is 2.35. The van der Waals surface area contributed by atoms with E-state index in [-0.39, 0.29) is 5.91 Å². The molecule has 2 aromatic rings. The Bertz CT molecular complexity index is 815. The lowest BCUT2D eigenvalue weighted by atomic mass is 9.92. The van der Waals surface area contributed by atoms with Gasteiger partial charge in [0.2, 0.25) is 5.91 Å². The van der Waals surface area contributed by atoms with Crippen LogP contribution in [0.25, 0.3) is 0 Å². The maximum Gasteiger partial charge on any atom is 0.234 e. The van der Waals surface area contributed by atoms with E-state index in [0.717, 1.165) is 25.7 Å². The molecule has 1 aromatic carbocycles. The number of aryl methyl sites for hydroxylation is 2. The van der Waals surface area contributed by atoms with E-state index in [1.807, 2.05) is 0 Å². The van der Waals surface area contributed by atoms with E-state index in [0.29, 0.717) is 17.1 Å². The number of carbonyl (C=O) groups excluding carboxylic acids is 1. The third-order valence-corrected chi connectivity index (χ3v) is 6.23. The van der Waals surface area contributed by atoms with Crippen molar-refractivity contribution in [3.05, 3.63) is 51.8 Å². The van der Waals surface area contributed by atoms with Crippen LogP contribution in [0.1, 0.15) is 60.1 Å². The summed E-state index contributed by atoms with van der Waals surface area (Å²) in [6.45, 7) is 3.42. The van der Waals surface area contributed by atoms with Gasteiger partial charge in [-0.2, -0.15) is 0 Å². The van der Waals surface area contributed by atoms with E-state index in [1.54, 1.807) is 19.9 Å². The van der Waals surface area contributed by atoms with Gasteiger partial charge in [0.25, 0.3) is 0 Å². The number of rotatable bonds is 5. The topological polar surface area (TPSA) is 62.5 Å². The molecule has 5 heteroatoms. The van der Waals surface area contributed by atoms with Gasteiger partial charge in [-0.05, 0) is 86.3 Å². The van der Waals surface area contributed by atoms with Gasteiger partial charge in [0.1, 0.15) is 0 Å². The molecular weight excluding hydrogens is 346 g/mol. The molecule has 26 heavy (non-hydrogen) atoms. The summed E-state index contributed by atoms with van der Waals surface area (Å²) in [6.07, 6.45) is 8.89. The van der Waals surface area contributed by atoms with Gasteiger partial charge in [0, 0.05) is 17.5 Å². The summed E-state index contributed by atoms with van der Waals surface area (Å²) in [5.41, 5.74) is 6.80. The lowest BCUT2D eigenvalue weighted by Gasteiger charge is -2.14. The van der Waals surface area contributed by atoms with Crippen LogP contribution in [0.4, 0.5) is 0 Å². The minimum atomic E-state index is -0.947. The molecule has 2 N–H and O–H groups in total. The smallest absolute Gasteiger partial charge is 0.234 e. The second kappa shape index (κ2) is 6.78. The molecule has 4 rings (SSSR count). The summed E-state index contributed by atoms with van der Waals surface area (Å²) < 4.78 is 8.32. The van der Waals surface area contributed by atoms with Crippen LogP contribution in [0.2, 0.25) is 0 Å². The van der Waals surface area contributed by atoms with Gasteiger partial charge >= 0.3 is 0 Å². The zero-order valence-corrected chi connectivity index (χ0v) is 16.2. The quantitative estimate of drug-likeness (QED) is 0.784. The molecule has 0 bridgehead atoms. The number of nitrogens with one attached hydrogen (secondary N) is 1. The van der Waals surface area contributed by atoms with Gasteiger partial charge in [-0.3, -0.25) is 9.52 Å². The molecule has 0 spiro atoms. The molecular formula is C21H25NO3S. The van der Waals surface area contributed by atoms with E-state index >= 15 is 0 Å². The zero-order valence-electron chi connectivity index (χ0n) is 15.4. The summed E-state index contributed by atoms with van der Waals surface area (Å²) in [5.74, 6) is 0.00519. The van der Waals surface area contributed by atoms with Gasteiger partial charge in [-0.15, -0.1) is 0 Å². The van der Waals surface area contributed by atoms with Crippen LogP contribution >= 0.6 is 11.9 Å². The van der Waals surface area contributed by atoms with E-state index in [4.69, 9.17) is 4.42 Å². The van der Waals surface area contributed by atoms with E-state index in [2.05, 4.69) is 10.8 Å². The Morgan fingerprint density at radius 2 is 1.81 bits per heavy atom. The standard InChI is InChI=1S/C21H25NO3S/c1-21(2,24)15-10-20(25-12-15)26-22-19(23)11-18-16-7-3-5-13(16)9-14-6-4-8-17(14)18/h9-10,12,24H,3-8,11H2,1-2H3,(H,22,23). The lowest BCUT2D eigenvalue weighted by Crippen LogP contribution is -2.20. The maximum absolute atomic E-state index is 12.6. The van der Waals surface area contributed by atoms with Crippen LogP contribution in [-0.2, 0) is 42.5 Å². The summed E-state index contributed by atoms with van der Waals surface area (Å²) in [4.78, 5) is 12.6. The lowest BCUT2D eigenvalue weighted by molar-refractivity contribution is -0.118. The molecule has 138 valence electrons. The molecule has 0 saturated heterocycles. The molecule has 1 amide bonds. The molecule has 0 saturated carbocycles. The minimum Gasteiger partial charge on any atom is -0.456 e. The van der Waals surface area contributed by atoms with Crippen molar-refractivity contribution in [3.63, 3.8) is 0 Å². The van der Waals surface area contributed by atoms with Crippen molar-refractivity contribution < 1.29 is 14.3 Å². The van der Waals surface area contributed by atoms with Crippen molar-refractivity contribution in [3.8, 4) is 0 Å². The first-order chi connectivity index (χ1) is 12.4. The fourth-order valence-corrected chi connectivity index (χ4v) is 4.71. The SMILES string of the molecule is CC(C)(O)c1coc(SNC(=O)Cc2c3c(cc4c2CCC4)CCC3)c1. The summed E-state index contributed by atoms with van der Waals surface area (Å²) in [5, 5.41) is 10.6. The van der Waals surface area contributed by atoms with Gasteiger partial charge in [0.15, 0.2) is 5.09 Å². The number of carbonyl (C=O) groups is 1. The van der Waals surface area contributed by atoms with E-state index in [9.17, 15) is 9.90 Å². The number of benzene rings is 1. The predicted octanol–water partition coefficient (Wildman–Crippen LogP) is 3.85. The molecule has 1 heterocycles. The number of hydrogen-bond donors (Lipinski definition) is 2. The number of furan rings is 1. The molecule has 2 aliphatic rings. The maximum atomic E-state index is 12.6. The van der Waals surface area contributed by atoms with Crippen molar-refractivity contribution in [1.29, 1.82) is 0 Å². The molecule has 0 fully saturated rings. The average Bonchev–Trinajstić information content (AvgIpc) is 3.31. The van der Waals surface area contributed by atoms with Crippen LogP contribution in [0.5, 0.6) is 0 Å². The summed E-state index contributed by atoms with van der Waals surface area (Å²) in [6, 6.07) is 4.16. The number of aliphatic hydroxyl groups is 1. The Balaban J connectivity index is 1.45. The van der Waals surface area contributed by atoms with Crippen LogP contribution in [0.3, 0.4) is 0 Å². The van der Waals surface area contributed by atoms with Gasteiger partial charge < -0.3 is 9.52 Å². The van der Waals surface area contributed by atoms with Crippen LogP contribution in [-0.4, -0.2) is 11.0 Å². The molecule has 1 aromatic heterocycles. The Kier molecular flexibility index (Phi) is 4.61. The number of hydrogen-bond acceptors (Lipinski definition) is 4. The highest BCUT2D eigenvalue weighted by Gasteiger charge is 2.25. The average molecular weight is 372 g/mol. The third-order valence-electron chi connectivity index (χ3n) is 5.48. The number of fused-ring (bicyclic) bond motifs is 2. The van der Waals surface area contributed by atoms with E-state index < -0.39 is 5.60 Å². The van der Waals surface area contributed by atoms with Gasteiger partial charge in [0.05, 0.1) is 18.3 Å². The molecule has 0 aliphatic heterocycles. The largest absolute Gasteiger partial charge is 0.456 e. The monoisotopic (exact) mass is 371 g/mol. The molecule has 0 radical (unpaired) electrons.